The highest BCUT2D eigenvalue weighted by Gasteiger charge is 2.10. The van der Waals surface area contributed by atoms with E-state index >= 15 is 0 Å². The Labute approximate surface area is 167 Å². The Kier molecular flexibility index (Phi) is 6.47. The van der Waals surface area contributed by atoms with Crippen LogP contribution in [0.3, 0.4) is 0 Å². The van der Waals surface area contributed by atoms with Crippen LogP contribution in [-0.4, -0.2) is 35.5 Å². The monoisotopic (exact) mass is 394 g/mol. The minimum atomic E-state index is -0.448. The fraction of sp³-hybridized carbons (Fsp3) is 0.143. The first-order valence-electron chi connectivity index (χ1n) is 8.85. The van der Waals surface area contributed by atoms with E-state index in [0.717, 1.165) is 5.56 Å². The van der Waals surface area contributed by atoms with E-state index in [1.807, 2.05) is 0 Å². The Bertz CT molecular complexity index is 974. The summed E-state index contributed by atoms with van der Waals surface area (Å²) in [5, 5.41) is 5.79. The van der Waals surface area contributed by atoms with Crippen molar-refractivity contribution in [3.63, 3.8) is 0 Å². The lowest BCUT2D eigenvalue weighted by molar-refractivity contribution is 0.0600. The molecule has 0 aliphatic carbocycles. The summed E-state index contributed by atoms with van der Waals surface area (Å²) in [4.78, 5) is 32.0. The zero-order valence-corrected chi connectivity index (χ0v) is 15.7. The highest BCUT2D eigenvalue weighted by Crippen LogP contribution is 2.12. The second-order valence-electron chi connectivity index (χ2n) is 6.11. The van der Waals surface area contributed by atoms with Crippen LogP contribution in [-0.2, 0) is 11.2 Å². The molecular formula is C21H19FN4O3. The highest BCUT2D eigenvalue weighted by molar-refractivity contribution is 6.03. The summed E-state index contributed by atoms with van der Waals surface area (Å²) in [6.07, 6.45) is 3.55. The molecule has 7 nitrogen and oxygen atoms in total. The topological polar surface area (TPSA) is 93.2 Å². The van der Waals surface area contributed by atoms with Gasteiger partial charge in [0.1, 0.15) is 17.3 Å². The van der Waals surface area contributed by atoms with Crippen molar-refractivity contribution in [2.45, 2.75) is 6.42 Å². The summed E-state index contributed by atoms with van der Waals surface area (Å²) in [7, 11) is 1.30. The number of methoxy groups -OCH3 is 1. The van der Waals surface area contributed by atoms with Gasteiger partial charge in [0.2, 0.25) is 0 Å². The maximum absolute atomic E-state index is 12.9. The number of halogens is 1. The fourth-order valence-corrected chi connectivity index (χ4v) is 2.53. The molecule has 0 saturated heterocycles. The number of anilines is 2. The lowest BCUT2D eigenvalue weighted by Crippen LogP contribution is -2.15. The molecule has 0 unspecified atom stereocenters. The van der Waals surface area contributed by atoms with E-state index in [2.05, 4.69) is 25.3 Å². The summed E-state index contributed by atoms with van der Waals surface area (Å²) in [6, 6.07) is 12.6. The van der Waals surface area contributed by atoms with Gasteiger partial charge in [-0.2, -0.15) is 0 Å². The predicted molar refractivity (Wildman–Crippen MR) is 106 cm³/mol. The zero-order chi connectivity index (χ0) is 20.6. The van der Waals surface area contributed by atoms with Crippen molar-refractivity contribution in [3.05, 3.63) is 83.6 Å². The van der Waals surface area contributed by atoms with Gasteiger partial charge in [-0.3, -0.25) is 4.79 Å². The lowest BCUT2D eigenvalue weighted by Gasteiger charge is -2.07. The van der Waals surface area contributed by atoms with Crippen LogP contribution in [0, 0.1) is 5.82 Å². The van der Waals surface area contributed by atoms with E-state index in [0.29, 0.717) is 30.0 Å². The van der Waals surface area contributed by atoms with E-state index in [-0.39, 0.29) is 11.5 Å². The van der Waals surface area contributed by atoms with Crippen LogP contribution in [0.15, 0.2) is 60.9 Å². The Morgan fingerprint density at radius 2 is 1.72 bits per heavy atom. The van der Waals surface area contributed by atoms with Crippen LogP contribution in [0.25, 0.3) is 0 Å². The number of hydrogen-bond acceptors (Lipinski definition) is 6. The van der Waals surface area contributed by atoms with Gasteiger partial charge in [-0.1, -0.05) is 12.1 Å². The molecule has 2 N–H and O–H groups in total. The molecule has 0 radical (unpaired) electrons. The van der Waals surface area contributed by atoms with E-state index < -0.39 is 11.9 Å². The molecule has 0 fully saturated rings. The molecule has 1 aromatic heterocycles. The van der Waals surface area contributed by atoms with E-state index in [1.165, 1.54) is 31.6 Å². The molecule has 29 heavy (non-hydrogen) atoms. The number of amides is 1. The summed E-state index contributed by atoms with van der Waals surface area (Å²) >= 11 is 0. The molecular weight excluding hydrogens is 375 g/mol. The molecule has 0 saturated carbocycles. The minimum Gasteiger partial charge on any atom is -0.465 e. The van der Waals surface area contributed by atoms with Gasteiger partial charge < -0.3 is 15.4 Å². The maximum atomic E-state index is 12.9. The smallest absolute Gasteiger partial charge is 0.337 e. The summed E-state index contributed by atoms with van der Waals surface area (Å²) in [5.74, 6) is -0.593. The van der Waals surface area contributed by atoms with Crippen molar-refractivity contribution in [1.29, 1.82) is 0 Å². The number of aromatic nitrogens is 2. The fourth-order valence-electron chi connectivity index (χ4n) is 2.53. The average Bonchev–Trinajstić information content (AvgIpc) is 2.75. The van der Waals surface area contributed by atoms with E-state index in [1.54, 1.807) is 36.4 Å². The molecule has 0 bridgehead atoms. The SMILES string of the molecule is COC(=O)c1ccc(NC(=O)c2cnc(NCCc3ccc(F)cc3)cn2)cc1. The molecule has 0 aliphatic rings. The normalized spacial score (nSPS) is 10.3. The first kappa shape index (κ1) is 19.9. The van der Waals surface area contributed by atoms with Gasteiger partial charge in [0.25, 0.3) is 5.91 Å². The van der Waals surface area contributed by atoms with Crippen LogP contribution >= 0.6 is 0 Å². The van der Waals surface area contributed by atoms with Gasteiger partial charge in [-0.15, -0.1) is 0 Å². The van der Waals surface area contributed by atoms with Crippen molar-refractivity contribution in [3.8, 4) is 0 Å². The number of carbonyl (C=O) groups is 2. The third kappa shape index (κ3) is 5.58. The van der Waals surface area contributed by atoms with Crippen molar-refractivity contribution in [2.75, 3.05) is 24.3 Å². The number of rotatable bonds is 7. The van der Waals surface area contributed by atoms with Gasteiger partial charge in [0.05, 0.1) is 25.1 Å². The van der Waals surface area contributed by atoms with Crippen LogP contribution in [0.4, 0.5) is 15.9 Å². The number of hydrogen-bond donors (Lipinski definition) is 2. The Balaban J connectivity index is 1.51. The largest absolute Gasteiger partial charge is 0.465 e. The van der Waals surface area contributed by atoms with E-state index in [9.17, 15) is 14.0 Å². The molecule has 148 valence electrons. The van der Waals surface area contributed by atoms with Gasteiger partial charge in [0.15, 0.2) is 0 Å². The number of nitrogens with zero attached hydrogens (tertiary/aromatic N) is 2. The molecule has 0 aliphatic heterocycles. The second-order valence-corrected chi connectivity index (χ2v) is 6.11. The van der Waals surface area contributed by atoms with Crippen LogP contribution in [0.5, 0.6) is 0 Å². The summed E-state index contributed by atoms with van der Waals surface area (Å²) < 4.78 is 17.5. The minimum absolute atomic E-state index is 0.158. The third-order valence-electron chi connectivity index (χ3n) is 4.08. The average molecular weight is 394 g/mol. The highest BCUT2D eigenvalue weighted by atomic mass is 19.1. The second kappa shape index (κ2) is 9.41. The first-order valence-corrected chi connectivity index (χ1v) is 8.85. The number of benzene rings is 2. The van der Waals surface area contributed by atoms with Crippen molar-refractivity contribution in [1.82, 2.24) is 9.97 Å². The summed E-state index contributed by atoms with van der Waals surface area (Å²) in [6.45, 7) is 0.596. The molecule has 8 heteroatoms. The van der Waals surface area contributed by atoms with Gasteiger partial charge in [-0.05, 0) is 48.4 Å². The lowest BCUT2D eigenvalue weighted by atomic mass is 10.1. The third-order valence-corrected chi connectivity index (χ3v) is 4.08. The maximum Gasteiger partial charge on any atom is 0.337 e. The first-order chi connectivity index (χ1) is 14.0. The van der Waals surface area contributed by atoms with Crippen molar-refractivity contribution < 1.29 is 18.7 Å². The van der Waals surface area contributed by atoms with Crippen molar-refractivity contribution >= 4 is 23.4 Å². The van der Waals surface area contributed by atoms with Crippen molar-refractivity contribution in [2.24, 2.45) is 0 Å². The number of esters is 1. The van der Waals surface area contributed by atoms with E-state index in [4.69, 9.17) is 0 Å². The Hall–Kier alpha value is -3.81. The molecule has 3 aromatic rings. The molecule has 1 amide bonds. The molecule has 3 rings (SSSR count). The molecule has 0 spiro atoms. The Morgan fingerprint density at radius 1 is 1.00 bits per heavy atom. The van der Waals surface area contributed by atoms with Crippen LogP contribution in [0.2, 0.25) is 0 Å². The quantitative estimate of drug-likeness (QED) is 0.597. The number of ether oxygens (including phenoxy) is 1. The Morgan fingerprint density at radius 3 is 2.34 bits per heavy atom. The van der Waals surface area contributed by atoms with Crippen LogP contribution < -0.4 is 10.6 Å². The molecule has 1 heterocycles. The molecule has 0 atom stereocenters. The number of carbonyl (C=O) groups excluding carboxylic acids is 2. The van der Waals surface area contributed by atoms with Crippen LogP contribution in [0.1, 0.15) is 26.4 Å². The number of nitrogens with one attached hydrogen (secondary N) is 2. The zero-order valence-electron chi connectivity index (χ0n) is 15.7. The standard InChI is InChI=1S/C21H19FN4O3/c1-29-21(28)15-4-8-17(9-5-15)26-20(27)18-12-25-19(13-24-18)23-11-10-14-2-6-16(22)7-3-14/h2-9,12-13H,10-11H2,1H3,(H,23,25)(H,26,27). The molecule has 2 aromatic carbocycles. The van der Waals surface area contributed by atoms with Gasteiger partial charge in [0, 0.05) is 12.2 Å². The van der Waals surface area contributed by atoms with Gasteiger partial charge in [-0.25, -0.2) is 19.2 Å². The predicted octanol–water partition coefficient (Wildman–Crippen LogP) is 3.31. The summed E-state index contributed by atoms with van der Waals surface area (Å²) in [5.41, 5.74) is 2.07. The van der Waals surface area contributed by atoms with Gasteiger partial charge >= 0.3 is 5.97 Å².